The van der Waals surface area contributed by atoms with Gasteiger partial charge in [0, 0.05) is 12.1 Å². The fraction of sp³-hybridized carbons (Fsp3) is 0.778. The lowest BCUT2D eigenvalue weighted by Gasteiger charge is -2.28. The summed E-state index contributed by atoms with van der Waals surface area (Å²) in [4.78, 5) is 0. The number of rotatable bonds is 2. The number of halogens is 3. The van der Waals surface area contributed by atoms with Crippen molar-refractivity contribution in [3.05, 3.63) is 5.01 Å². The van der Waals surface area contributed by atoms with Crippen LogP contribution in [0.1, 0.15) is 24.8 Å². The van der Waals surface area contributed by atoms with Crippen LogP contribution in [0.4, 0.5) is 18.3 Å². The molecular weight excluding hydrogens is 253 g/mol. The van der Waals surface area contributed by atoms with Crippen LogP contribution in [-0.4, -0.2) is 28.8 Å². The average Bonchev–Trinajstić information content (AvgIpc) is 2.65. The largest absolute Gasteiger partial charge is 0.445 e. The third-order valence-electron chi connectivity index (χ3n) is 2.62. The summed E-state index contributed by atoms with van der Waals surface area (Å²) < 4.78 is 36.9. The maximum Gasteiger partial charge on any atom is 0.445 e. The van der Waals surface area contributed by atoms with Crippen molar-refractivity contribution in [3.63, 3.8) is 0 Å². The highest BCUT2D eigenvalue weighted by Crippen LogP contribution is 2.33. The van der Waals surface area contributed by atoms with Crippen molar-refractivity contribution in [2.45, 2.75) is 38.0 Å². The highest BCUT2D eigenvalue weighted by atomic mass is 32.1. The summed E-state index contributed by atoms with van der Waals surface area (Å²) in [5.41, 5.74) is 0. The first-order valence-electron chi connectivity index (χ1n) is 5.36. The van der Waals surface area contributed by atoms with Gasteiger partial charge >= 0.3 is 6.18 Å². The Morgan fingerprint density at radius 2 is 2.18 bits per heavy atom. The van der Waals surface area contributed by atoms with Crippen molar-refractivity contribution in [3.8, 4) is 0 Å². The quantitative estimate of drug-likeness (QED) is 0.860. The van der Waals surface area contributed by atoms with E-state index in [-0.39, 0.29) is 11.2 Å². The van der Waals surface area contributed by atoms with Crippen LogP contribution < -0.4 is 10.6 Å². The summed E-state index contributed by atoms with van der Waals surface area (Å²) in [6.07, 6.45) is -2.65. The van der Waals surface area contributed by atoms with E-state index in [2.05, 4.69) is 27.8 Å². The Hall–Kier alpha value is -0.890. The SMILES string of the molecule is CC1CC(Nc2nnc(C(F)(F)F)s2)CCN1. The van der Waals surface area contributed by atoms with E-state index in [9.17, 15) is 13.2 Å². The lowest BCUT2D eigenvalue weighted by atomic mass is 10.0. The van der Waals surface area contributed by atoms with E-state index in [1.54, 1.807) is 0 Å². The molecule has 2 heterocycles. The standard InChI is InChI=1S/C9H13F3N4S/c1-5-4-6(2-3-13-5)14-8-16-15-7(17-8)9(10,11)12/h5-6,13H,2-4H2,1H3,(H,14,16). The van der Waals surface area contributed by atoms with Gasteiger partial charge in [-0.1, -0.05) is 11.3 Å². The van der Waals surface area contributed by atoms with Crippen molar-refractivity contribution in [1.29, 1.82) is 0 Å². The fourth-order valence-electron chi connectivity index (χ4n) is 1.83. The summed E-state index contributed by atoms with van der Waals surface area (Å²) >= 11 is 0.556. The van der Waals surface area contributed by atoms with Gasteiger partial charge in [0.15, 0.2) is 0 Å². The molecule has 1 aliphatic heterocycles. The van der Waals surface area contributed by atoms with Crippen LogP contribution >= 0.6 is 11.3 Å². The number of hydrogen-bond acceptors (Lipinski definition) is 5. The molecule has 0 saturated carbocycles. The molecule has 0 aromatic carbocycles. The molecule has 17 heavy (non-hydrogen) atoms. The lowest BCUT2D eigenvalue weighted by Crippen LogP contribution is -2.41. The number of hydrogen-bond donors (Lipinski definition) is 2. The summed E-state index contributed by atoms with van der Waals surface area (Å²) in [6.45, 7) is 2.92. The second-order valence-corrected chi connectivity index (χ2v) is 5.11. The minimum Gasteiger partial charge on any atom is -0.357 e. The number of piperidine rings is 1. The second-order valence-electron chi connectivity index (χ2n) is 4.13. The van der Waals surface area contributed by atoms with Crippen LogP contribution in [0.25, 0.3) is 0 Å². The van der Waals surface area contributed by atoms with Gasteiger partial charge in [0.05, 0.1) is 0 Å². The number of nitrogens with zero attached hydrogens (tertiary/aromatic N) is 2. The van der Waals surface area contributed by atoms with Gasteiger partial charge in [-0.05, 0) is 26.3 Å². The predicted molar refractivity (Wildman–Crippen MR) is 59.0 cm³/mol. The third kappa shape index (κ3) is 3.29. The summed E-state index contributed by atoms with van der Waals surface area (Å²) in [6, 6.07) is 0.538. The second kappa shape index (κ2) is 4.77. The molecular formula is C9H13F3N4S. The molecule has 2 N–H and O–H groups in total. The van der Waals surface area contributed by atoms with Gasteiger partial charge in [-0.3, -0.25) is 0 Å². The molecule has 1 aromatic rings. The van der Waals surface area contributed by atoms with Crippen molar-refractivity contribution in [2.75, 3.05) is 11.9 Å². The van der Waals surface area contributed by atoms with Crippen LogP contribution in [0.2, 0.25) is 0 Å². The van der Waals surface area contributed by atoms with Crippen LogP contribution in [0.3, 0.4) is 0 Å². The minimum atomic E-state index is -4.40. The Morgan fingerprint density at radius 3 is 2.76 bits per heavy atom. The van der Waals surface area contributed by atoms with E-state index in [1.807, 2.05) is 0 Å². The van der Waals surface area contributed by atoms with Crippen LogP contribution in [-0.2, 0) is 6.18 Å². The lowest BCUT2D eigenvalue weighted by molar-refractivity contribution is -0.138. The zero-order chi connectivity index (χ0) is 12.5. The summed E-state index contributed by atoms with van der Waals surface area (Å²) in [7, 11) is 0. The Bertz CT molecular complexity index is 379. The smallest absolute Gasteiger partial charge is 0.357 e. The van der Waals surface area contributed by atoms with Crippen molar-refractivity contribution in [1.82, 2.24) is 15.5 Å². The highest BCUT2D eigenvalue weighted by Gasteiger charge is 2.35. The average molecular weight is 266 g/mol. The first-order valence-corrected chi connectivity index (χ1v) is 6.17. The maximum atomic E-state index is 12.3. The molecule has 0 amide bonds. The molecule has 1 aromatic heterocycles. The van der Waals surface area contributed by atoms with Crippen LogP contribution in [0.5, 0.6) is 0 Å². The fourth-order valence-corrected chi connectivity index (χ4v) is 2.52. The maximum absolute atomic E-state index is 12.3. The van der Waals surface area contributed by atoms with E-state index in [0.717, 1.165) is 19.4 Å². The molecule has 2 unspecified atom stereocenters. The van der Waals surface area contributed by atoms with Crippen LogP contribution in [0.15, 0.2) is 0 Å². The highest BCUT2D eigenvalue weighted by molar-refractivity contribution is 7.15. The molecule has 1 aliphatic rings. The monoisotopic (exact) mass is 266 g/mol. The summed E-state index contributed by atoms with van der Waals surface area (Å²) in [5.74, 6) is 0. The first kappa shape index (κ1) is 12.6. The first-order chi connectivity index (χ1) is 7.95. The van der Waals surface area contributed by atoms with Gasteiger partial charge in [-0.15, -0.1) is 10.2 Å². The molecule has 8 heteroatoms. The molecule has 96 valence electrons. The number of nitrogens with one attached hydrogen (secondary N) is 2. The topological polar surface area (TPSA) is 49.8 Å². The molecule has 0 bridgehead atoms. The normalized spacial score (nSPS) is 25.9. The van der Waals surface area contributed by atoms with E-state index in [1.165, 1.54) is 0 Å². The van der Waals surface area contributed by atoms with Gasteiger partial charge < -0.3 is 10.6 Å². The zero-order valence-corrected chi connectivity index (χ0v) is 10.0. The predicted octanol–water partition coefficient (Wildman–Crippen LogP) is 2.11. The van der Waals surface area contributed by atoms with Crippen molar-refractivity contribution < 1.29 is 13.2 Å². The molecule has 0 spiro atoms. The van der Waals surface area contributed by atoms with Gasteiger partial charge in [0.2, 0.25) is 10.1 Å². The number of anilines is 1. The number of alkyl halides is 3. The van der Waals surface area contributed by atoms with E-state index < -0.39 is 11.2 Å². The Kier molecular flexibility index (Phi) is 3.53. The molecule has 4 nitrogen and oxygen atoms in total. The van der Waals surface area contributed by atoms with Crippen LogP contribution in [0, 0.1) is 0 Å². The third-order valence-corrected chi connectivity index (χ3v) is 3.52. The van der Waals surface area contributed by atoms with E-state index in [0.29, 0.717) is 17.4 Å². The Labute approximate surface area is 101 Å². The van der Waals surface area contributed by atoms with Crippen molar-refractivity contribution in [2.24, 2.45) is 0 Å². The minimum absolute atomic E-state index is 0.167. The molecule has 1 saturated heterocycles. The molecule has 1 fully saturated rings. The van der Waals surface area contributed by atoms with Gasteiger partial charge in [-0.25, -0.2) is 0 Å². The van der Waals surface area contributed by atoms with Gasteiger partial charge in [0.25, 0.3) is 0 Å². The zero-order valence-electron chi connectivity index (χ0n) is 9.21. The van der Waals surface area contributed by atoms with Gasteiger partial charge in [-0.2, -0.15) is 13.2 Å². The van der Waals surface area contributed by atoms with E-state index in [4.69, 9.17) is 0 Å². The summed E-state index contributed by atoms with van der Waals surface area (Å²) in [5, 5.41) is 12.3. The van der Waals surface area contributed by atoms with Gasteiger partial charge in [0.1, 0.15) is 0 Å². The van der Waals surface area contributed by atoms with Crippen molar-refractivity contribution >= 4 is 16.5 Å². The Morgan fingerprint density at radius 1 is 1.41 bits per heavy atom. The molecule has 0 radical (unpaired) electrons. The number of aromatic nitrogens is 2. The Balaban J connectivity index is 1.97. The molecule has 2 atom stereocenters. The van der Waals surface area contributed by atoms with E-state index >= 15 is 0 Å². The molecule has 0 aliphatic carbocycles. The molecule has 2 rings (SSSR count).